The topological polar surface area (TPSA) is 49.9 Å². The zero-order chi connectivity index (χ0) is 15.7. The van der Waals surface area contributed by atoms with E-state index in [1.54, 1.807) is 4.90 Å². The minimum atomic E-state index is -0.245. The maximum absolute atomic E-state index is 12.5. The van der Waals surface area contributed by atoms with Crippen LogP contribution in [0.25, 0.3) is 0 Å². The van der Waals surface area contributed by atoms with E-state index in [1.807, 2.05) is 30.0 Å². The van der Waals surface area contributed by atoms with E-state index in [0.29, 0.717) is 39.3 Å². The second kappa shape index (κ2) is 6.38. The number of anilines is 1. The zero-order valence-electron chi connectivity index (χ0n) is 12.5. The fourth-order valence-corrected chi connectivity index (χ4v) is 3.28. The molecule has 0 radical (unpaired) electrons. The largest absolute Gasteiger partial charge is 0.378 e. The monoisotopic (exact) mass is 366 g/mol. The summed E-state index contributed by atoms with van der Waals surface area (Å²) < 4.78 is 6.24. The highest BCUT2D eigenvalue weighted by Gasteiger charge is 2.37. The van der Waals surface area contributed by atoms with E-state index in [2.05, 4.69) is 15.9 Å². The van der Waals surface area contributed by atoms with Crippen molar-refractivity contribution in [2.24, 2.45) is 5.92 Å². The molecule has 1 aromatic rings. The molecule has 2 saturated heterocycles. The summed E-state index contributed by atoms with van der Waals surface area (Å²) in [6, 6.07) is 5.85. The van der Waals surface area contributed by atoms with Crippen molar-refractivity contribution >= 4 is 33.4 Å². The summed E-state index contributed by atoms with van der Waals surface area (Å²) in [6.45, 7) is 4.89. The van der Waals surface area contributed by atoms with Gasteiger partial charge in [-0.05, 0) is 24.6 Å². The molecule has 0 saturated carbocycles. The second-order valence-corrected chi connectivity index (χ2v) is 6.63. The van der Waals surface area contributed by atoms with Crippen LogP contribution in [0.15, 0.2) is 22.7 Å². The van der Waals surface area contributed by atoms with Crippen molar-refractivity contribution in [1.29, 1.82) is 0 Å². The number of ether oxygens (including phenoxy) is 1. The average molecular weight is 367 g/mol. The predicted octanol–water partition coefficient (Wildman–Crippen LogP) is 1.97. The van der Waals surface area contributed by atoms with Gasteiger partial charge in [0.1, 0.15) is 0 Å². The molecule has 2 aliphatic rings. The maximum Gasteiger partial charge on any atom is 0.228 e. The first-order valence-corrected chi connectivity index (χ1v) is 8.28. The van der Waals surface area contributed by atoms with E-state index in [4.69, 9.17) is 4.74 Å². The summed E-state index contributed by atoms with van der Waals surface area (Å²) in [7, 11) is 0. The van der Waals surface area contributed by atoms with Crippen LogP contribution < -0.4 is 4.90 Å². The lowest BCUT2D eigenvalue weighted by Gasteiger charge is -2.29. The van der Waals surface area contributed by atoms with Gasteiger partial charge in [0, 0.05) is 36.2 Å². The van der Waals surface area contributed by atoms with Crippen LogP contribution in [0, 0.1) is 12.8 Å². The summed E-state index contributed by atoms with van der Waals surface area (Å²) in [5.41, 5.74) is 1.97. The Morgan fingerprint density at radius 2 is 2.05 bits per heavy atom. The summed E-state index contributed by atoms with van der Waals surface area (Å²) >= 11 is 3.49. The number of hydrogen-bond acceptors (Lipinski definition) is 3. The lowest BCUT2D eigenvalue weighted by Crippen LogP contribution is -2.44. The van der Waals surface area contributed by atoms with Crippen LogP contribution in [0.3, 0.4) is 0 Å². The fraction of sp³-hybridized carbons (Fsp3) is 0.500. The number of morpholine rings is 1. The molecule has 6 heteroatoms. The van der Waals surface area contributed by atoms with Crippen molar-refractivity contribution in [3.05, 3.63) is 28.2 Å². The van der Waals surface area contributed by atoms with Gasteiger partial charge in [0.25, 0.3) is 0 Å². The van der Waals surface area contributed by atoms with Gasteiger partial charge >= 0.3 is 0 Å². The predicted molar refractivity (Wildman–Crippen MR) is 86.7 cm³/mol. The molecule has 22 heavy (non-hydrogen) atoms. The van der Waals surface area contributed by atoms with Crippen LogP contribution in [0.1, 0.15) is 12.0 Å². The molecule has 5 nitrogen and oxygen atoms in total. The molecule has 0 spiro atoms. The first kappa shape index (κ1) is 15.5. The van der Waals surface area contributed by atoms with Crippen LogP contribution in [-0.2, 0) is 14.3 Å². The molecule has 2 aliphatic heterocycles. The average Bonchev–Trinajstić information content (AvgIpc) is 2.92. The van der Waals surface area contributed by atoms with Gasteiger partial charge in [-0.15, -0.1) is 0 Å². The molecular formula is C16H19BrN2O3. The molecule has 1 unspecified atom stereocenters. The highest BCUT2D eigenvalue weighted by Crippen LogP contribution is 2.29. The normalized spacial score (nSPS) is 22.3. The smallest absolute Gasteiger partial charge is 0.228 e. The first-order chi connectivity index (χ1) is 10.6. The molecule has 0 aliphatic carbocycles. The number of hydrogen-bond donors (Lipinski definition) is 0. The van der Waals surface area contributed by atoms with E-state index in [0.717, 1.165) is 15.7 Å². The molecule has 1 aromatic carbocycles. The third-order valence-corrected chi connectivity index (χ3v) is 5.12. The van der Waals surface area contributed by atoms with Gasteiger partial charge in [0.2, 0.25) is 11.8 Å². The van der Waals surface area contributed by atoms with E-state index in [9.17, 15) is 9.59 Å². The number of benzene rings is 1. The van der Waals surface area contributed by atoms with E-state index in [-0.39, 0.29) is 17.7 Å². The minimum absolute atomic E-state index is 0.0161. The molecule has 2 heterocycles. The van der Waals surface area contributed by atoms with Gasteiger partial charge < -0.3 is 14.5 Å². The van der Waals surface area contributed by atoms with Gasteiger partial charge in [-0.1, -0.05) is 22.0 Å². The molecular weight excluding hydrogens is 348 g/mol. The molecule has 3 rings (SSSR count). The standard InChI is InChI=1S/C16H19BrN2O3/c1-11-2-3-13(9-14(11)17)19-10-12(8-15(19)20)16(21)18-4-6-22-7-5-18/h2-3,9,12H,4-8,10H2,1H3. The fourth-order valence-electron chi connectivity index (χ4n) is 2.91. The number of carbonyl (C=O) groups is 2. The molecule has 0 bridgehead atoms. The van der Waals surface area contributed by atoms with Crippen molar-refractivity contribution in [3.8, 4) is 0 Å². The SMILES string of the molecule is Cc1ccc(N2CC(C(=O)N3CCOCC3)CC2=O)cc1Br. The molecule has 0 aromatic heterocycles. The van der Waals surface area contributed by atoms with Crippen LogP contribution in [0.2, 0.25) is 0 Å². The Labute approximate surface area is 138 Å². The van der Waals surface area contributed by atoms with Crippen molar-refractivity contribution < 1.29 is 14.3 Å². The second-order valence-electron chi connectivity index (χ2n) is 5.78. The Morgan fingerprint density at radius 3 is 2.73 bits per heavy atom. The van der Waals surface area contributed by atoms with Crippen LogP contribution in [-0.4, -0.2) is 49.6 Å². The summed E-state index contributed by atoms with van der Waals surface area (Å²) in [5, 5.41) is 0. The van der Waals surface area contributed by atoms with Gasteiger partial charge in [-0.25, -0.2) is 0 Å². The van der Waals surface area contributed by atoms with Crippen molar-refractivity contribution in [2.45, 2.75) is 13.3 Å². The first-order valence-electron chi connectivity index (χ1n) is 7.49. The number of amides is 2. The summed E-state index contributed by atoms with van der Waals surface area (Å²) in [5.74, 6) is -0.154. The third-order valence-electron chi connectivity index (χ3n) is 4.26. The lowest BCUT2D eigenvalue weighted by molar-refractivity contribution is -0.139. The Morgan fingerprint density at radius 1 is 1.32 bits per heavy atom. The lowest BCUT2D eigenvalue weighted by atomic mass is 10.1. The maximum atomic E-state index is 12.5. The number of aryl methyl sites for hydroxylation is 1. The van der Waals surface area contributed by atoms with E-state index >= 15 is 0 Å². The van der Waals surface area contributed by atoms with Crippen molar-refractivity contribution in [3.63, 3.8) is 0 Å². The Balaban J connectivity index is 1.72. The van der Waals surface area contributed by atoms with Crippen LogP contribution in [0.5, 0.6) is 0 Å². The Bertz CT molecular complexity index is 599. The highest BCUT2D eigenvalue weighted by molar-refractivity contribution is 9.10. The summed E-state index contributed by atoms with van der Waals surface area (Å²) in [6.07, 6.45) is 0.293. The minimum Gasteiger partial charge on any atom is -0.378 e. The Kier molecular flexibility index (Phi) is 4.49. The van der Waals surface area contributed by atoms with Gasteiger partial charge in [0.15, 0.2) is 0 Å². The van der Waals surface area contributed by atoms with Crippen molar-refractivity contribution in [2.75, 3.05) is 37.7 Å². The van der Waals surface area contributed by atoms with E-state index < -0.39 is 0 Å². The number of rotatable bonds is 2. The van der Waals surface area contributed by atoms with Gasteiger partial charge in [0.05, 0.1) is 19.1 Å². The summed E-state index contributed by atoms with van der Waals surface area (Å²) in [4.78, 5) is 28.3. The third kappa shape index (κ3) is 3.03. The number of halogens is 1. The molecule has 2 fully saturated rings. The number of carbonyl (C=O) groups excluding carboxylic acids is 2. The molecule has 2 amide bonds. The van der Waals surface area contributed by atoms with Gasteiger partial charge in [-0.2, -0.15) is 0 Å². The zero-order valence-corrected chi connectivity index (χ0v) is 14.1. The molecule has 118 valence electrons. The van der Waals surface area contributed by atoms with E-state index in [1.165, 1.54) is 0 Å². The number of nitrogens with zero attached hydrogens (tertiary/aromatic N) is 2. The highest BCUT2D eigenvalue weighted by atomic mass is 79.9. The van der Waals surface area contributed by atoms with Crippen LogP contribution >= 0.6 is 15.9 Å². The van der Waals surface area contributed by atoms with Crippen molar-refractivity contribution in [1.82, 2.24) is 4.90 Å². The van der Waals surface area contributed by atoms with Crippen LogP contribution in [0.4, 0.5) is 5.69 Å². The molecule has 0 N–H and O–H groups in total. The molecule has 1 atom stereocenters. The Hall–Kier alpha value is -1.40. The quantitative estimate of drug-likeness (QED) is 0.803. The van der Waals surface area contributed by atoms with Gasteiger partial charge in [-0.3, -0.25) is 9.59 Å².